The fraction of sp³-hybridized carbons (Fsp3) is 0.0714. The van der Waals surface area contributed by atoms with Crippen molar-refractivity contribution in [3.63, 3.8) is 0 Å². The number of hydrogen-bond acceptors (Lipinski definition) is 6. The smallest absolute Gasteiger partial charge is 0.296 e. The lowest BCUT2D eigenvalue weighted by atomic mass is 10.2. The van der Waals surface area contributed by atoms with Crippen molar-refractivity contribution in [2.75, 3.05) is 23.9 Å². The molecule has 0 heterocycles. The molecule has 0 aliphatic carbocycles. The van der Waals surface area contributed by atoms with E-state index in [1.165, 1.54) is 19.2 Å². The Balaban J connectivity index is 2.44. The van der Waals surface area contributed by atoms with Gasteiger partial charge in [0.15, 0.2) is 0 Å². The lowest BCUT2D eigenvalue weighted by Gasteiger charge is -2.13. The van der Waals surface area contributed by atoms with Crippen molar-refractivity contribution in [2.45, 2.75) is 4.90 Å². The van der Waals surface area contributed by atoms with Crippen molar-refractivity contribution in [3.8, 4) is 5.75 Å². The number of anilines is 3. The van der Waals surface area contributed by atoms with Crippen LogP contribution in [-0.2, 0) is 10.1 Å². The number of hydrogen-bond donors (Lipinski definition) is 4. The molecule has 0 unspecified atom stereocenters. The van der Waals surface area contributed by atoms with E-state index in [2.05, 4.69) is 5.32 Å². The van der Waals surface area contributed by atoms with Gasteiger partial charge in [0.05, 0.1) is 18.5 Å². The molecule has 0 radical (unpaired) electrons. The van der Waals surface area contributed by atoms with Gasteiger partial charge in [-0.3, -0.25) is 9.35 Å². The first-order valence-electron chi connectivity index (χ1n) is 6.34. The summed E-state index contributed by atoms with van der Waals surface area (Å²) in [6, 6.07) is 8.44. The molecule has 0 aliphatic rings. The number of amides is 1. The predicted octanol–water partition coefficient (Wildman–Crippen LogP) is 1.36. The summed E-state index contributed by atoms with van der Waals surface area (Å²) in [5.74, 6) is -0.381. The SMILES string of the molecule is COc1cc(N)c(S(=O)(=O)O)cc1NC(=O)c1cccc(N)c1. The Bertz CT molecular complexity index is 865. The Kier molecular flexibility index (Phi) is 4.43. The van der Waals surface area contributed by atoms with Crippen molar-refractivity contribution in [2.24, 2.45) is 0 Å². The average Bonchev–Trinajstić information content (AvgIpc) is 2.47. The van der Waals surface area contributed by atoms with Crippen LogP contribution in [0.25, 0.3) is 0 Å². The fourth-order valence-electron chi connectivity index (χ4n) is 1.94. The van der Waals surface area contributed by atoms with E-state index in [0.717, 1.165) is 6.07 Å². The molecule has 0 aliphatic heterocycles. The summed E-state index contributed by atoms with van der Waals surface area (Å²) >= 11 is 0. The molecule has 0 aromatic heterocycles. The van der Waals surface area contributed by atoms with Gasteiger partial charge in [-0.05, 0) is 24.3 Å². The summed E-state index contributed by atoms with van der Waals surface area (Å²) in [6.45, 7) is 0. The summed E-state index contributed by atoms with van der Waals surface area (Å²) in [5, 5.41) is 2.49. The zero-order chi connectivity index (χ0) is 17.2. The van der Waals surface area contributed by atoms with E-state index >= 15 is 0 Å². The molecule has 2 aromatic carbocycles. The van der Waals surface area contributed by atoms with Crippen LogP contribution in [0.15, 0.2) is 41.3 Å². The Morgan fingerprint density at radius 1 is 1.22 bits per heavy atom. The van der Waals surface area contributed by atoms with E-state index in [1.54, 1.807) is 18.2 Å². The zero-order valence-corrected chi connectivity index (χ0v) is 12.9. The monoisotopic (exact) mass is 337 g/mol. The summed E-state index contributed by atoms with van der Waals surface area (Å²) in [7, 11) is -3.21. The highest BCUT2D eigenvalue weighted by atomic mass is 32.2. The minimum atomic E-state index is -4.54. The third-order valence-corrected chi connectivity index (χ3v) is 3.92. The van der Waals surface area contributed by atoms with E-state index < -0.39 is 20.9 Å². The lowest BCUT2D eigenvalue weighted by molar-refractivity contribution is 0.102. The minimum absolute atomic E-state index is 0.0433. The maximum atomic E-state index is 12.2. The Morgan fingerprint density at radius 2 is 1.91 bits per heavy atom. The van der Waals surface area contributed by atoms with Gasteiger partial charge in [-0.1, -0.05) is 6.07 Å². The highest BCUT2D eigenvalue weighted by Crippen LogP contribution is 2.32. The lowest BCUT2D eigenvalue weighted by Crippen LogP contribution is -2.14. The number of nitrogens with two attached hydrogens (primary N) is 2. The second-order valence-corrected chi connectivity index (χ2v) is 6.03. The molecule has 0 saturated heterocycles. The molecule has 0 bridgehead atoms. The summed E-state index contributed by atoms with van der Waals surface area (Å²) in [5.41, 5.74) is 11.7. The standard InChI is InChI=1S/C14H15N3O5S/c1-22-12-6-10(16)13(23(19,20)21)7-11(12)17-14(18)8-3-2-4-9(15)5-8/h2-7H,15-16H2,1H3,(H,17,18)(H,19,20,21). The normalized spacial score (nSPS) is 11.0. The zero-order valence-electron chi connectivity index (χ0n) is 12.1. The highest BCUT2D eigenvalue weighted by molar-refractivity contribution is 7.86. The predicted molar refractivity (Wildman–Crippen MR) is 86.0 cm³/mol. The number of nitrogens with one attached hydrogen (secondary N) is 1. The first-order chi connectivity index (χ1) is 10.7. The molecular weight excluding hydrogens is 322 g/mol. The molecule has 0 spiro atoms. The van der Waals surface area contributed by atoms with Crippen LogP contribution in [0.1, 0.15) is 10.4 Å². The average molecular weight is 337 g/mol. The second-order valence-electron chi connectivity index (χ2n) is 4.64. The van der Waals surface area contributed by atoms with E-state index in [9.17, 15) is 13.2 Å². The maximum absolute atomic E-state index is 12.2. The molecule has 0 atom stereocenters. The minimum Gasteiger partial charge on any atom is -0.494 e. The molecule has 9 heteroatoms. The van der Waals surface area contributed by atoms with Gasteiger partial charge in [0.2, 0.25) is 0 Å². The number of carbonyl (C=O) groups excluding carboxylic acids is 1. The molecule has 2 rings (SSSR count). The van der Waals surface area contributed by atoms with Gasteiger partial charge in [-0.25, -0.2) is 0 Å². The Morgan fingerprint density at radius 3 is 2.48 bits per heavy atom. The van der Waals surface area contributed by atoms with Crippen LogP contribution in [0.5, 0.6) is 5.75 Å². The second kappa shape index (κ2) is 6.15. The van der Waals surface area contributed by atoms with Crippen LogP contribution in [0.2, 0.25) is 0 Å². The van der Waals surface area contributed by atoms with Gasteiger partial charge in [-0.15, -0.1) is 0 Å². The van der Waals surface area contributed by atoms with Gasteiger partial charge >= 0.3 is 0 Å². The number of ether oxygens (including phenoxy) is 1. The van der Waals surface area contributed by atoms with Gasteiger partial charge in [0.1, 0.15) is 10.6 Å². The fourth-order valence-corrected chi connectivity index (χ4v) is 2.56. The summed E-state index contributed by atoms with van der Waals surface area (Å²) in [4.78, 5) is 11.7. The summed E-state index contributed by atoms with van der Waals surface area (Å²) < 4.78 is 36.8. The molecule has 8 nitrogen and oxygen atoms in total. The van der Waals surface area contributed by atoms with E-state index in [4.69, 9.17) is 20.8 Å². The largest absolute Gasteiger partial charge is 0.494 e. The van der Waals surface area contributed by atoms with Gasteiger partial charge in [0.25, 0.3) is 16.0 Å². The third-order valence-electron chi connectivity index (χ3n) is 3.01. The van der Waals surface area contributed by atoms with E-state index in [-0.39, 0.29) is 22.7 Å². The quantitative estimate of drug-likeness (QED) is 0.487. The molecule has 6 N–H and O–H groups in total. The highest BCUT2D eigenvalue weighted by Gasteiger charge is 2.19. The number of benzene rings is 2. The molecule has 122 valence electrons. The number of methoxy groups -OCH3 is 1. The first-order valence-corrected chi connectivity index (χ1v) is 7.78. The van der Waals surface area contributed by atoms with E-state index in [1.807, 2.05) is 0 Å². The summed E-state index contributed by atoms with van der Waals surface area (Å²) in [6.07, 6.45) is 0. The molecule has 23 heavy (non-hydrogen) atoms. The van der Waals surface area contributed by atoms with Crippen molar-refractivity contribution in [1.82, 2.24) is 0 Å². The van der Waals surface area contributed by atoms with Crippen LogP contribution in [0, 0.1) is 0 Å². The molecule has 0 fully saturated rings. The van der Waals surface area contributed by atoms with Gasteiger partial charge in [0, 0.05) is 17.3 Å². The van der Waals surface area contributed by atoms with Gasteiger partial charge < -0.3 is 21.5 Å². The maximum Gasteiger partial charge on any atom is 0.296 e. The van der Waals surface area contributed by atoms with Crippen LogP contribution >= 0.6 is 0 Å². The van der Waals surface area contributed by atoms with E-state index in [0.29, 0.717) is 5.69 Å². The van der Waals surface area contributed by atoms with Crippen LogP contribution in [0.3, 0.4) is 0 Å². The molecular formula is C14H15N3O5S. The molecule has 2 aromatic rings. The molecule has 0 saturated carbocycles. The third kappa shape index (κ3) is 3.71. The Hall–Kier alpha value is -2.78. The number of carbonyl (C=O) groups is 1. The van der Waals surface area contributed by atoms with Crippen LogP contribution < -0.4 is 21.5 Å². The van der Waals surface area contributed by atoms with Crippen molar-refractivity contribution >= 4 is 33.1 Å². The van der Waals surface area contributed by atoms with Crippen molar-refractivity contribution in [3.05, 3.63) is 42.0 Å². The molecule has 1 amide bonds. The van der Waals surface area contributed by atoms with Gasteiger partial charge in [-0.2, -0.15) is 8.42 Å². The number of nitrogen functional groups attached to an aromatic ring is 2. The van der Waals surface area contributed by atoms with Crippen LogP contribution in [0.4, 0.5) is 17.1 Å². The Labute approximate surface area is 132 Å². The first kappa shape index (κ1) is 16.6. The van der Waals surface area contributed by atoms with Crippen molar-refractivity contribution in [1.29, 1.82) is 0 Å². The number of rotatable bonds is 4. The topological polar surface area (TPSA) is 145 Å². The van der Waals surface area contributed by atoms with Crippen LogP contribution in [-0.4, -0.2) is 26.0 Å². The van der Waals surface area contributed by atoms with Crippen molar-refractivity contribution < 1.29 is 22.5 Å².